The van der Waals surface area contributed by atoms with Crippen LogP contribution in [0.3, 0.4) is 0 Å². The molecule has 3 fully saturated rings. The van der Waals surface area contributed by atoms with Crippen molar-refractivity contribution in [3.63, 3.8) is 0 Å². The second-order valence-electron chi connectivity index (χ2n) is 8.93. The fraction of sp³-hybridized carbons (Fsp3) is 0.455. The van der Waals surface area contributed by atoms with Gasteiger partial charge in [-0.1, -0.05) is 11.6 Å². The lowest BCUT2D eigenvalue weighted by Crippen LogP contribution is -2.44. The summed E-state index contributed by atoms with van der Waals surface area (Å²) in [5.74, 6) is 0.345. The molecule has 2 aromatic heterocycles. The van der Waals surface area contributed by atoms with E-state index >= 15 is 4.39 Å². The average molecular weight is 474 g/mol. The second-order valence-corrected chi connectivity index (χ2v) is 9.31. The van der Waals surface area contributed by atoms with Gasteiger partial charge in [-0.3, -0.25) is 0 Å². The Morgan fingerprint density at radius 3 is 2.88 bits per heavy atom. The number of aromatic nitrogens is 4. The van der Waals surface area contributed by atoms with E-state index in [0.29, 0.717) is 47.7 Å². The van der Waals surface area contributed by atoms with Gasteiger partial charge in [0.25, 0.3) is 0 Å². The average Bonchev–Trinajstić information content (AvgIpc) is 3.44. The molecule has 0 amide bonds. The topological polar surface area (TPSA) is 88.1 Å². The largest absolute Gasteiger partial charge is 0.489 e. The number of fused-ring (bicyclic) bond motifs is 3. The maximum atomic E-state index is 15.0. The molecule has 0 spiro atoms. The third-order valence-electron chi connectivity index (χ3n) is 6.71. The molecular formula is C22H22ClF2N7O. The fourth-order valence-corrected chi connectivity index (χ4v) is 4.88. The Balaban J connectivity index is 1.27. The van der Waals surface area contributed by atoms with Gasteiger partial charge < -0.3 is 20.3 Å². The maximum Gasteiger partial charge on any atom is 0.226 e. The van der Waals surface area contributed by atoms with Crippen molar-refractivity contribution in [2.24, 2.45) is 0 Å². The van der Waals surface area contributed by atoms with Crippen molar-refractivity contribution in [1.29, 1.82) is 0 Å². The number of anilines is 3. The molecular weight excluding hydrogens is 452 g/mol. The Hall–Kier alpha value is -2.85. The number of halogens is 3. The minimum Gasteiger partial charge on any atom is -0.489 e. The summed E-state index contributed by atoms with van der Waals surface area (Å²) in [6, 6.07) is 3.82. The van der Waals surface area contributed by atoms with Crippen LogP contribution in [0.25, 0.3) is 11.0 Å². The molecule has 172 valence electrons. The zero-order valence-corrected chi connectivity index (χ0v) is 18.4. The number of ether oxygens (including phenoxy) is 1. The molecule has 6 rings (SSSR count). The van der Waals surface area contributed by atoms with Gasteiger partial charge >= 0.3 is 0 Å². The van der Waals surface area contributed by atoms with E-state index in [1.807, 2.05) is 0 Å². The first-order valence-electron chi connectivity index (χ1n) is 11.0. The summed E-state index contributed by atoms with van der Waals surface area (Å²) in [4.78, 5) is 19.8. The summed E-state index contributed by atoms with van der Waals surface area (Å²) in [6.45, 7) is 1.62. The van der Waals surface area contributed by atoms with E-state index in [-0.39, 0.29) is 23.1 Å². The molecule has 2 N–H and O–H groups in total. The SMILES string of the molecule is Fc1c(Nc2ncnc3cnc(N4C[C@@H]5C[C@H]4CN5)nc23)ccc(OCC2(F)CCC2)c1Cl. The van der Waals surface area contributed by atoms with Crippen molar-refractivity contribution < 1.29 is 13.5 Å². The van der Waals surface area contributed by atoms with Crippen molar-refractivity contribution in [3.8, 4) is 5.75 Å². The third kappa shape index (κ3) is 3.71. The van der Waals surface area contributed by atoms with Crippen molar-refractivity contribution in [1.82, 2.24) is 25.3 Å². The van der Waals surface area contributed by atoms with Crippen LogP contribution in [0.15, 0.2) is 24.7 Å². The molecule has 1 aromatic carbocycles. The van der Waals surface area contributed by atoms with Crippen LogP contribution >= 0.6 is 11.6 Å². The van der Waals surface area contributed by atoms with Crippen LogP contribution < -0.4 is 20.3 Å². The molecule has 3 aliphatic rings. The predicted molar refractivity (Wildman–Crippen MR) is 121 cm³/mol. The summed E-state index contributed by atoms with van der Waals surface area (Å²) < 4.78 is 34.7. The molecule has 2 bridgehead atoms. The first-order chi connectivity index (χ1) is 16.0. The Morgan fingerprint density at radius 2 is 2.15 bits per heavy atom. The standard InChI is InChI=1S/C22H22ClF2N7O/c23-17-16(33-10-22(25)4-1-5-22)3-2-14(18(17)24)30-20-19-15(28-11-29-20)8-27-21(31-19)32-9-12-6-13(32)7-26-12/h2-3,8,11-13,26H,1,4-7,9-10H2,(H,28,29,30)/t12-,13-/m0/s1. The maximum absolute atomic E-state index is 15.0. The monoisotopic (exact) mass is 473 g/mol. The molecule has 0 radical (unpaired) electrons. The second kappa shape index (κ2) is 7.88. The normalized spacial score (nSPS) is 23.1. The Labute approximate surface area is 193 Å². The van der Waals surface area contributed by atoms with E-state index in [0.717, 1.165) is 25.9 Å². The van der Waals surface area contributed by atoms with Gasteiger partial charge in [0.15, 0.2) is 11.6 Å². The highest BCUT2D eigenvalue weighted by atomic mass is 35.5. The summed E-state index contributed by atoms with van der Waals surface area (Å²) in [7, 11) is 0. The number of piperazine rings is 1. The molecule has 2 saturated heterocycles. The number of rotatable bonds is 6. The first kappa shape index (κ1) is 20.7. The summed E-state index contributed by atoms with van der Waals surface area (Å²) in [6.07, 6.45) is 5.82. The molecule has 1 saturated carbocycles. The number of benzene rings is 1. The molecule has 1 aliphatic carbocycles. The van der Waals surface area contributed by atoms with Crippen LogP contribution in [-0.4, -0.2) is 57.4 Å². The minimum atomic E-state index is -1.35. The smallest absolute Gasteiger partial charge is 0.226 e. The summed E-state index contributed by atoms with van der Waals surface area (Å²) in [5.41, 5.74) is -0.216. The van der Waals surface area contributed by atoms with Gasteiger partial charge in [-0.2, -0.15) is 0 Å². The van der Waals surface area contributed by atoms with Crippen LogP contribution in [0, 0.1) is 5.82 Å². The molecule has 33 heavy (non-hydrogen) atoms. The van der Waals surface area contributed by atoms with Gasteiger partial charge in [-0.25, -0.2) is 28.7 Å². The lowest BCUT2D eigenvalue weighted by atomic mass is 9.83. The Bertz CT molecular complexity index is 1220. The third-order valence-corrected chi connectivity index (χ3v) is 7.07. The van der Waals surface area contributed by atoms with Crippen LogP contribution in [0.1, 0.15) is 25.7 Å². The molecule has 11 heteroatoms. The highest BCUT2D eigenvalue weighted by molar-refractivity contribution is 6.32. The van der Waals surface area contributed by atoms with Gasteiger partial charge in [-0.15, -0.1) is 0 Å². The zero-order valence-electron chi connectivity index (χ0n) is 17.7. The quantitative estimate of drug-likeness (QED) is 0.559. The summed E-state index contributed by atoms with van der Waals surface area (Å²) >= 11 is 6.19. The van der Waals surface area contributed by atoms with Crippen LogP contribution in [0.5, 0.6) is 5.75 Å². The van der Waals surface area contributed by atoms with Crippen LogP contribution in [-0.2, 0) is 0 Å². The molecule has 0 unspecified atom stereocenters. The minimum absolute atomic E-state index is 0.107. The number of hydrogen-bond acceptors (Lipinski definition) is 8. The van der Waals surface area contributed by atoms with Crippen LogP contribution in [0.2, 0.25) is 5.02 Å². The van der Waals surface area contributed by atoms with E-state index in [9.17, 15) is 4.39 Å². The van der Waals surface area contributed by atoms with Crippen molar-refractivity contribution in [3.05, 3.63) is 35.5 Å². The predicted octanol–water partition coefficient (Wildman–Crippen LogP) is 3.78. The lowest BCUT2D eigenvalue weighted by Gasteiger charge is -2.33. The number of hydrogen-bond donors (Lipinski definition) is 2. The van der Waals surface area contributed by atoms with Gasteiger partial charge in [0.1, 0.15) is 40.4 Å². The van der Waals surface area contributed by atoms with Crippen molar-refractivity contribution in [2.45, 2.75) is 43.4 Å². The van der Waals surface area contributed by atoms with Crippen molar-refractivity contribution in [2.75, 3.05) is 29.9 Å². The number of nitrogens with zero attached hydrogens (tertiary/aromatic N) is 5. The Morgan fingerprint density at radius 1 is 1.27 bits per heavy atom. The van der Waals surface area contributed by atoms with Gasteiger partial charge in [-0.05, 0) is 37.8 Å². The van der Waals surface area contributed by atoms with Crippen molar-refractivity contribution >= 4 is 40.1 Å². The van der Waals surface area contributed by atoms with E-state index in [2.05, 4.69) is 30.5 Å². The van der Waals surface area contributed by atoms with E-state index in [1.54, 1.807) is 6.20 Å². The highest BCUT2D eigenvalue weighted by Crippen LogP contribution is 2.39. The molecule has 4 heterocycles. The molecule has 8 nitrogen and oxygen atoms in total. The van der Waals surface area contributed by atoms with E-state index in [1.165, 1.54) is 18.5 Å². The van der Waals surface area contributed by atoms with Crippen LogP contribution in [0.4, 0.5) is 26.2 Å². The molecule has 3 aromatic rings. The number of alkyl halides is 1. The van der Waals surface area contributed by atoms with Gasteiger partial charge in [0.05, 0.1) is 11.9 Å². The van der Waals surface area contributed by atoms with E-state index < -0.39 is 11.5 Å². The molecule has 2 aliphatic heterocycles. The Kier molecular flexibility index (Phi) is 4.95. The fourth-order valence-electron chi connectivity index (χ4n) is 4.66. The summed E-state index contributed by atoms with van der Waals surface area (Å²) in [5, 5.41) is 6.21. The lowest BCUT2D eigenvalue weighted by molar-refractivity contribution is 0.0124. The highest BCUT2D eigenvalue weighted by Gasteiger charge is 2.39. The first-order valence-corrected chi connectivity index (χ1v) is 11.4. The van der Waals surface area contributed by atoms with Gasteiger partial charge in [0.2, 0.25) is 5.95 Å². The zero-order chi connectivity index (χ0) is 22.6. The number of nitrogens with one attached hydrogen (secondary N) is 2. The van der Waals surface area contributed by atoms with E-state index in [4.69, 9.17) is 21.3 Å². The molecule has 2 atom stereocenters. The van der Waals surface area contributed by atoms with Gasteiger partial charge in [0, 0.05) is 25.2 Å².